The van der Waals surface area contributed by atoms with E-state index in [1.54, 1.807) is 6.92 Å². The highest BCUT2D eigenvalue weighted by Gasteiger charge is 2.18. The minimum absolute atomic E-state index is 0.0760. The molecule has 0 saturated carbocycles. The molecular formula is C15H28N2O2. The van der Waals surface area contributed by atoms with Gasteiger partial charge in [-0.3, -0.25) is 9.59 Å². The van der Waals surface area contributed by atoms with E-state index < -0.39 is 0 Å². The van der Waals surface area contributed by atoms with Gasteiger partial charge in [-0.25, -0.2) is 0 Å². The van der Waals surface area contributed by atoms with Gasteiger partial charge >= 0.3 is 0 Å². The number of rotatable bonds is 6. The van der Waals surface area contributed by atoms with Gasteiger partial charge in [0.2, 0.25) is 11.8 Å². The molecule has 0 radical (unpaired) electrons. The van der Waals surface area contributed by atoms with Crippen LogP contribution in [0, 0.1) is 5.92 Å². The van der Waals surface area contributed by atoms with Crippen LogP contribution in [0.2, 0.25) is 0 Å². The normalized spacial score (nSPS) is 15.7. The van der Waals surface area contributed by atoms with E-state index in [-0.39, 0.29) is 11.8 Å². The number of hydrogen-bond acceptors (Lipinski definition) is 2. The lowest BCUT2D eigenvalue weighted by molar-refractivity contribution is -0.134. The molecule has 1 rings (SSSR count). The SMILES string of the molecule is CC(=O)N(CCC(=O)N1CCCCC1)CCC(C)C. The summed E-state index contributed by atoms with van der Waals surface area (Å²) in [6.07, 6.45) is 4.94. The summed E-state index contributed by atoms with van der Waals surface area (Å²) in [4.78, 5) is 27.4. The van der Waals surface area contributed by atoms with E-state index in [1.807, 2.05) is 9.80 Å². The van der Waals surface area contributed by atoms with E-state index in [0.717, 1.165) is 38.9 Å². The van der Waals surface area contributed by atoms with E-state index in [4.69, 9.17) is 0 Å². The fourth-order valence-corrected chi connectivity index (χ4v) is 2.37. The Bertz CT molecular complexity index is 297. The summed E-state index contributed by atoms with van der Waals surface area (Å²) in [5, 5.41) is 0. The molecule has 1 saturated heterocycles. The first-order valence-electron chi connectivity index (χ1n) is 7.54. The number of carbonyl (C=O) groups excluding carboxylic acids is 2. The lowest BCUT2D eigenvalue weighted by Gasteiger charge is -2.28. The first-order valence-corrected chi connectivity index (χ1v) is 7.54. The Balaban J connectivity index is 2.33. The van der Waals surface area contributed by atoms with Crippen LogP contribution in [0.15, 0.2) is 0 Å². The van der Waals surface area contributed by atoms with Gasteiger partial charge in [-0.15, -0.1) is 0 Å². The Morgan fingerprint density at radius 2 is 1.74 bits per heavy atom. The van der Waals surface area contributed by atoms with Crippen molar-refractivity contribution in [2.45, 2.75) is 52.9 Å². The van der Waals surface area contributed by atoms with E-state index in [0.29, 0.717) is 18.9 Å². The van der Waals surface area contributed by atoms with Crippen LogP contribution in [0.3, 0.4) is 0 Å². The van der Waals surface area contributed by atoms with Gasteiger partial charge in [-0.05, 0) is 31.6 Å². The van der Waals surface area contributed by atoms with Gasteiger partial charge in [0.05, 0.1) is 0 Å². The highest BCUT2D eigenvalue weighted by atomic mass is 16.2. The molecular weight excluding hydrogens is 240 g/mol. The number of hydrogen-bond donors (Lipinski definition) is 0. The minimum atomic E-state index is 0.0760. The second-order valence-electron chi connectivity index (χ2n) is 5.88. The summed E-state index contributed by atoms with van der Waals surface area (Å²) in [6.45, 7) is 9.01. The minimum Gasteiger partial charge on any atom is -0.343 e. The Labute approximate surface area is 117 Å². The quantitative estimate of drug-likeness (QED) is 0.741. The molecule has 0 aromatic carbocycles. The first kappa shape index (κ1) is 16.0. The molecule has 2 amide bonds. The number of carbonyl (C=O) groups is 2. The summed E-state index contributed by atoms with van der Waals surface area (Å²) in [5.74, 6) is 0.863. The number of likely N-dealkylation sites (tertiary alicyclic amines) is 1. The molecule has 0 spiro atoms. The predicted molar refractivity (Wildman–Crippen MR) is 76.8 cm³/mol. The Hall–Kier alpha value is -1.06. The molecule has 1 aliphatic rings. The number of amides is 2. The molecule has 0 aromatic rings. The zero-order valence-electron chi connectivity index (χ0n) is 12.7. The molecule has 0 N–H and O–H groups in total. The van der Waals surface area contributed by atoms with E-state index in [1.165, 1.54) is 6.42 Å². The topological polar surface area (TPSA) is 40.6 Å². The van der Waals surface area contributed by atoms with Crippen molar-refractivity contribution >= 4 is 11.8 Å². The molecule has 1 heterocycles. The Morgan fingerprint density at radius 3 is 2.26 bits per heavy atom. The smallest absolute Gasteiger partial charge is 0.224 e. The average Bonchev–Trinajstić information content (AvgIpc) is 2.38. The van der Waals surface area contributed by atoms with Crippen LogP contribution in [-0.2, 0) is 9.59 Å². The van der Waals surface area contributed by atoms with Crippen molar-refractivity contribution in [1.29, 1.82) is 0 Å². The van der Waals surface area contributed by atoms with Crippen LogP contribution in [-0.4, -0.2) is 47.8 Å². The van der Waals surface area contributed by atoms with Gasteiger partial charge < -0.3 is 9.80 Å². The number of nitrogens with zero attached hydrogens (tertiary/aromatic N) is 2. The van der Waals surface area contributed by atoms with Gasteiger partial charge in [0.25, 0.3) is 0 Å². The van der Waals surface area contributed by atoms with Crippen molar-refractivity contribution in [1.82, 2.24) is 9.80 Å². The third-order valence-electron chi connectivity index (χ3n) is 3.73. The second-order valence-corrected chi connectivity index (χ2v) is 5.88. The third kappa shape index (κ3) is 6.08. The maximum Gasteiger partial charge on any atom is 0.224 e. The fourth-order valence-electron chi connectivity index (χ4n) is 2.37. The van der Waals surface area contributed by atoms with Crippen LogP contribution < -0.4 is 0 Å². The van der Waals surface area contributed by atoms with Gasteiger partial charge in [-0.2, -0.15) is 0 Å². The maximum absolute atomic E-state index is 12.1. The molecule has 110 valence electrons. The molecule has 0 aliphatic carbocycles. The second kappa shape index (κ2) is 8.18. The summed E-state index contributed by atoms with van der Waals surface area (Å²) in [5.41, 5.74) is 0. The molecule has 19 heavy (non-hydrogen) atoms. The summed E-state index contributed by atoms with van der Waals surface area (Å²) in [6, 6.07) is 0. The predicted octanol–water partition coefficient (Wildman–Crippen LogP) is 2.28. The maximum atomic E-state index is 12.1. The van der Waals surface area contributed by atoms with Crippen molar-refractivity contribution in [2.24, 2.45) is 5.92 Å². The lowest BCUT2D eigenvalue weighted by atomic mass is 10.1. The largest absolute Gasteiger partial charge is 0.343 e. The first-order chi connectivity index (χ1) is 9.00. The zero-order chi connectivity index (χ0) is 14.3. The molecule has 0 bridgehead atoms. The third-order valence-corrected chi connectivity index (χ3v) is 3.73. The van der Waals surface area contributed by atoms with Crippen molar-refractivity contribution in [2.75, 3.05) is 26.2 Å². The van der Waals surface area contributed by atoms with Crippen LogP contribution in [0.5, 0.6) is 0 Å². The van der Waals surface area contributed by atoms with Gasteiger partial charge in [0.15, 0.2) is 0 Å². The van der Waals surface area contributed by atoms with Crippen molar-refractivity contribution < 1.29 is 9.59 Å². The Kier molecular flexibility index (Phi) is 6.89. The molecule has 0 unspecified atom stereocenters. The van der Waals surface area contributed by atoms with Crippen LogP contribution in [0.25, 0.3) is 0 Å². The van der Waals surface area contributed by atoms with Crippen LogP contribution in [0.4, 0.5) is 0 Å². The molecule has 1 fully saturated rings. The summed E-state index contributed by atoms with van der Waals surface area (Å²) in [7, 11) is 0. The van der Waals surface area contributed by atoms with Crippen molar-refractivity contribution in [3.05, 3.63) is 0 Å². The molecule has 1 aliphatic heterocycles. The molecule has 0 aromatic heterocycles. The molecule has 4 heteroatoms. The number of piperidine rings is 1. The van der Waals surface area contributed by atoms with E-state index in [2.05, 4.69) is 13.8 Å². The van der Waals surface area contributed by atoms with E-state index >= 15 is 0 Å². The van der Waals surface area contributed by atoms with Gasteiger partial charge in [-0.1, -0.05) is 13.8 Å². The van der Waals surface area contributed by atoms with Gasteiger partial charge in [0, 0.05) is 39.5 Å². The monoisotopic (exact) mass is 268 g/mol. The van der Waals surface area contributed by atoms with Crippen molar-refractivity contribution in [3.63, 3.8) is 0 Å². The highest BCUT2D eigenvalue weighted by molar-refractivity contribution is 5.78. The zero-order valence-corrected chi connectivity index (χ0v) is 12.7. The average molecular weight is 268 g/mol. The summed E-state index contributed by atoms with van der Waals surface area (Å²) >= 11 is 0. The Morgan fingerprint density at radius 1 is 1.11 bits per heavy atom. The standard InChI is InChI=1S/C15H28N2O2/c1-13(2)7-11-16(14(3)18)12-8-15(19)17-9-5-4-6-10-17/h13H,4-12H2,1-3H3. The molecule has 0 atom stereocenters. The van der Waals surface area contributed by atoms with Crippen LogP contribution in [0.1, 0.15) is 52.9 Å². The molecule has 4 nitrogen and oxygen atoms in total. The fraction of sp³-hybridized carbons (Fsp3) is 0.867. The van der Waals surface area contributed by atoms with Crippen molar-refractivity contribution in [3.8, 4) is 0 Å². The lowest BCUT2D eigenvalue weighted by Crippen LogP contribution is -2.39. The van der Waals surface area contributed by atoms with E-state index in [9.17, 15) is 9.59 Å². The highest BCUT2D eigenvalue weighted by Crippen LogP contribution is 2.10. The summed E-state index contributed by atoms with van der Waals surface area (Å²) < 4.78 is 0. The van der Waals surface area contributed by atoms with Crippen LogP contribution >= 0.6 is 0 Å². The van der Waals surface area contributed by atoms with Gasteiger partial charge in [0.1, 0.15) is 0 Å².